The van der Waals surface area contributed by atoms with E-state index in [1.54, 1.807) is 49.4 Å². The van der Waals surface area contributed by atoms with Crippen LogP contribution in [0.15, 0.2) is 101 Å². The van der Waals surface area contributed by atoms with Crippen molar-refractivity contribution in [3.63, 3.8) is 0 Å². The van der Waals surface area contributed by atoms with Gasteiger partial charge < -0.3 is 5.32 Å². The number of hydrogen-bond acceptors (Lipinski definition) is 5. The Morgan fingerprint density at radius 3 is 2.10 bits per heavy atom. The molecule has 0 saturated heterocycles. The molecule has 2 N–H and O–H groups in total. The van der Waals surface area contributed by atoms with Crippen LogP contribution in [-0.2, 0) is 24.8 Å². The summed E-state index contributed by atoms with van der Waals surface area (Å²) >= 11 is 6.08. The Balaban J connectivity index is 1.55. The first-order valence-corrected chi connectivity index (χ1v) is 15.5. The molecule has 0 fully saturated rings. The Morgan fingerprint density at radius 2 is 1.45 bits per heavy atom. The number of halogens is 1. The van der Waals surface area contributed by atoms with Crippen molar-refractivity contribution in [3.8, 4) is 0 Å². The van der Waals surface area contributed by atoms with Crippen LogP contribution in [0.1, 0.15) is 16.7 Å². The van der Waals surface area contributed by atoms with E-state index >= 15 is 0 Å². The molecule has 0 aliphatic heterocycles. The molecule has 0 bridgehead atoms. The largest absolute Gasteiger partial charge is 0.325 e. The van der Waals surface area contributed by atoms with Crippen LogP contribution in [0.25, 0.3) is 0 Å². The van der Waals surface area contributed by atoms with Crippen LogP contribution in [0.5, 0.6) is 0 Å². The summed E-state index contributed by atoms with van der Waals surface area (Å²) in [6.07, 6.45) is 0. The third-order valence-electron chi connectivity index (χ3n) is 6.13. The summed E-state index contributed by atoms with van der Waals surface area (Å²) in [6.45, 7) is 4.87. The number of nitrogens with zero attached hydrogens (tertiary/aromatic N) is 1. The van der Waals surface area contributed by atoms with Gasteiger partial charge in [-0.2, -0.15) is 0 Å². The highest BCUT2D eigenvalue weighted by molar-refractivity contribution is 7.93. The summed E-state index contributed by atoms with van der Waals surface area (Å²) in [5.74, 6) is -0.613. The van der Waals surface area contributed by atoms with Crippen molar-refractivity contribution in [3.05, 3.63) is 113 Å². The van der Waals surface area contributed by atoms with E-state index in [1.165, 1.54) is 36.4 Å². The molecule has 0 atom stereocenters. The van der Waals surface area contributed by atoms with Crippen molar-refractivity contribution >= 4 is 54.6 Å². The standard InChI is InChI=1S/C29H28ClN3O5S2/c1-20-9-10-21(2)27(17-20)32-39(35,36)25-14-12-24(13-15-25)31-29(34)19-33(28-16-11-23(30)18-22(28)3)40(37,38)26-7-5-4-6-8-26/h4-18,32H,19H2,1-3H3,(H,31,34). The molecule has 0 unspecified atom stereocenters. The van der Waals surface area contributed by atoms with Gasteiger partial charge in [0.25, 0.3) is 20.0 Å². The minimum atomic E-state index is -4.10. The Hall–Kier alpha value is -3.86. The Labute approximate surface area is 239 Å². The first-order valence-electron chi connectivity index (χ1n) is 12.2. The fourth-order valence-corrected chi connectivity index (χ4v) is 6.87. The minimum absolute atomic E-state index is 0.0106. The molecule has 4 aromatic rings. The second kappa shape index (κ2) is 11.7. The van der Waals surface area contributed by atoms with Gasteiger partial charge in [0.1, 0.15) is 6.54 Å². The number of carbonyl (C=O) groups is 1. The van der Waals surface area contributed by atoms with E-state index in [9.17, 15) is 21.6 Å². The quantitative estimate of drug-likeness (QED) is 0.249. The second-order valence-electron chi connectivity index (χ2n) is 9.25. The van der Waals surface area contributed by atoms with E-state index in [-0.39, 0.29) is 9.79 Å². The number of aryl methyl sites for hydroxylation is 3. The maximum Gasteiger partial charge on any atom is 0.264 e. The molecule has 208 valence electrons. The normalized spacial score (nSPS) is 11.6. The minimum Gasteiger partial charge on any atom is -0.325 e. The number of rotatable bonds is 9. The van der Waals surface area contributed by atoms with Crippen LogP contribution in [-0.4, -0.2) is 29.3 Å². The molecule has 0 aromatic heterocycles. The van der Waals surface area contributed by atoms with Crippen LogP contribution in [0, 0.1) is 20.8 Å². The van der Waals surface area contributed by atoms with Crippen molar-refractivity contribution in [2.24, 2.45) is 0 Å². The van der Waals surface area contributed by atoms with Gasteiger partial charge in [0.05, 0.1) is 21.2 Å². The molecule has 0 saturated carbocycles. The lowest BCUT2D eigenvalue weighted by Gasteiger charge is -2.25. The third kappa shape index (κ3) is 6.64. The van der Waals surface area contributed by atoms with Crippen LogP contribution in [0.3, 0.4) is 0 Å². The van der Waals surface area contributed by atoms with Crippen molar-refractivity contribution in [1.29, 1.82) is 0 Å². The molecule has 11 heteroatoms. The van der Waals surface area contributed by atoms with Gasteiger partial charge in [-0.15, -0.1) is 0 Å². The van der Waals surface area contributed by atoms with Crippen molar-refractivity contribution in [2.75, 3.05) is 20.9 Å². The van der Waals surface area contributed by atoms with Crippen LogP contribution < -0.4 is 14.3 Å². The van der Waals surface area contributed by atoms with Crippen LogP contribution in [0.4, 0.5) is 17.1 Å². The van der Waals surface area contributed by atoms with Gasteiger partial charge in [0.2, 0.25) is 5.91 Å². The summed E-state index contributed by atoms with van der Waals surface area (Å²) in [7, 11) is -7.97. The van der Waals surface area contributed by atoms with E-state index in [0.717, 1.165) is 15.4 Å². The van der Waals surface area contributed by atoms with Gasteiger partial charge in [-0.25, -0.2) is 16.8 Å². The van der Waals surface area contributed by atoms with E-state index in [1.807, 2.05) is 26.0 Å². The average molecular weight is 598 g/mol. The zero-order chi connectivity index (χ0) is 29.1. The number of nitrogens with one attached hydrogen (secondary N) is 2. The van der Waals surface area contributed by atoms with E-state index in [4.69, 9.17) is 11.6 Å². The Kier molecular flexibility index (Phi) is 8.53. The monoisotopic (exact) mass is 597 g/mol. The third-order valence-corrected chi connectivity index (χ3v) is 9.52. The molecular formula is C29H28ClN3O5S2. The summed E-state index contributed by atoms with van der Waals surface area (Å²) < 4.78 is 56.6. The van der Waals surface area contributed by atoms with Crippen molar-refractivity contribution in [1.82, 2.24) is 0 Å². The predicted octanol–water partition coefficient (Wildman–Crippen LogP) is 5.90. The fourth-order valence-electron chi connectivity index (χ4n) is 4.02. The molecule has 4 rings (SSSR count). The fraction of sp³-hybridized carbons (Fsp3) is 0.138. The SMILES string of the molecule is Cc1ccc(C)c(NS(=O)(=O)c2ccc(NC(=O)CN(c3ccc(Cl)cc3C)S(=O)(=O)c3ccccc3)cc2)c1. The summed E-state index contributed by atoms with van der Waals surface area (Å²) in [4.78, 5) is 13.1. The van der Waals surface area contributed by atoms with Gasteiger partial charge in [-0.3, -0.25) is 13.8 Å². The predicted molar refractivity (Wildman–Crippen MR) is 159 cm³/mol. The first kappa shape index (κ1) is 29.1. The van der Waals surface area contributed by atoms with Crippen LogP contribution in [0.2, 0.25) is 5.02 Å². The highest BCUT2D eigenvalue weighted by Crippen LogP contribution is 2.29. The molecule has 1 amide bonds. The smallest absolute Gasteiger partial charge is 0.264 e. The number of benzene rings is 4. The average Bonchev–Trinajstić information content (AvgIpc) is 2.90. The zero-order valence-electron chi connectivity index (χ0n) is 22.1. The molecule has 0 aliphatic rings. The lowest BCUT2D eigenvalue weighted by atomic mass is 10.1. The summed E-state index contributed by atoms with van der Waals surface area (Å²) in [5.41, 5.74) is 3.37. The van der Waals surface area contributed by atoms with Crippen molar-refractivity contribution in [2.45, 2.75) is 30.6 Å². The molecule has 40 heavy (non-hydrogen) atoms. The Bertz CT molecular complexity index is 1760. The van der Waals surface area contributed by atoms with Crippen LogP contribution >= 0.6 is 11.6 Å². The zero-order valence-corrected chi connectivity index (χ0v) is 24.4. The van der Waals surface area contributed by atoms with Gasteiger partial charge in [-0.1, -0.05) is 41.9 Å². The second-order valence-corrected chi connectivity index (χ2v) is 13.2. The molecule has 0 heterocycles. The molecule has 8 nitrogen and oxygen atoms in total. The maximum absolute atomic E-state index is 13.5. The summed E-state index contributed by atoms with van der Waals surface area (Å²) in [6, 6.07) is 23.6. The van der Waals surface area contributed by atoms with E-state index in [0.29, 0.717) is 27.6 Å². The molecular weight excluding hydrogens is 570 g/mol. The number of amides is 1. The molecule has 0 aliphatic carbocycles. The van der Waals surface area contributed by atoms with Crippen molar-refractivity contribution < 1.29 is 21.6 Å². The summed E-state index contributed by atoms with van der Waals surface area (Å²) in [5, 5.41) is 3.09. The highest BCUT2D eigenvalue weighted by atomic mass is 35.5. The molecule has 4 aromatic carbocycles. The van der Waals surface area contributed by atoms with E-state index < -0.39 is 32.5 Å². The van der Waals surface area contributed by atoms with Gasteiger partial charge in [-0.05, 0) is 98.1 Å². The van der Waals surface area contributed by atoms with Gasteiger partial charge in [0.15, 0.2) is 0 Å². The van der Waals surface area contributed by atoms with Gasteiger partial charge >= 0.3 is 0 Å². The van der Waals surface area contributed by atoms with Gasteiger partial charge in [0, 0.05) is 10.7 Å². The number of carbonyl (C=O) groups excluding carboxylic acids is 1. The lowest BCUT2D eigenvalue weighted by molar-refractivity contribution is -0.114. The molecule has 0 radical (unpaired) electrons. The maximum atomic E-state index is 13.5. The highest BCUT2D eigenvalue weighted by Gasteiger charge is 2.28. The number of hydrogen-bond donors (Lipinski definition) is 2. The molecule has 0 spiro atoms. The Morgan fingerprint density at radius 1 is 0.775 bits per heavy atom. The topological polar surface area (TPSA) is 113 Å². The number of anilines is 3. The lowest BCUT2D eigenvalue weighted by Crippen LogP contribution is -2.38. The van der Waals surface area contributed by atoms with E-state index in [2.05, 4.69) is 10.0 Å². The number of sulfonamides is 2. The first-order chi connectivity index (χ1) is 18.9.